The number of carbonyl (C=O) groups is 1. The molecule has 9 heteroatoms. The minimum atomic E-state index is -3.95. The Bertz CT molecular complexity index is 1060. The first-order valence-corrected chi connectivity index (χ1v) is 10.4. The van der Waals surface area contributed by atoms with Crippen LogP contribution in [0, 0.1) is 11.3 Å². The minimum Gasteiger partial charge on any atom is -0.481 e. The van der Waals surface area contributed by atoms with Gasteiger partial charge >= 0.3 is 0 Å². The molecule has 0 spiro atoms. The molecule has 1 aliphatic rings. The van der Waals surface area contributed by atoms with Gasteiger partial charge < -0.3 is 14.4 Å². The average Bonchev–Trinajstić information content (AvgIpc) is 2.82. The van der Waals surface area contributed by atoms with Crippen LogP contribution in [0.1, 0.15) is 18.1 Å². The number of nitrogens with one attached hydrogen (secondary N) is 1. The molecular weight excluding hydrogens is 394 g/mol. The van der Waals surface area contributed by atoms with Crippen LogP contribution in [-0.4, -0.2) is 45.6 Å². The smallest absolute Gasteiger partial charge is 0.263 e. The van der Waals surface area contributed by atoms with Crippen LogP contribution in [0.2, 0.25) is 0 Å². The fraction of sp³-hybridized carbons (Fsp3) is 0.300. The molecule has 1 heterocycles. The van der Waals surface area contributed by atoms with Crippen molar-refractivity contribution < 1.29 is 22.7 Å². The predicted octanol–water partition coefficient (Wildman–Crippen LogP) is 2.11. The van der Waals surface area contributed by atoms with Crippen molar-refractivity contribution >= 4 is 21.6 Å². The first kappa shape index (κ1) is 20.6. The summed E-state index contributed by atoms with van der Waals surface area (Å²) in [5.41, 5.74) is 1.05. The van der Waals surface area contributed by atoms with E-state index >= 15 is 0 Å². The average molecular weight is 415 g/mol. The van der Waals surface area contributed by atoms with Crippen LogP contribution < -0.4 is 9.46 Å². The number of carbonyl (C=O) groups excluding carboxylic acids is 1. The quantitative estimate of drug-likeness (QED) is 0.774. The molecule has 1 aliphatic heterocycles. The molecule has 3 rings (SSSR count). The largest absolute Gasteiger partial charge is 0.481 e. The van der Waals surface area contributed by atoms with E-state index in [4.69, 9.17) is 9.47 Å². The molecule has 2 aromatic carbocycles. The third kappa shape index (κ3) is 4.50. The number of anilines is 1. The molecule has 1 N–H and O–H groups in total. The SMILES string of the molecule is COCCN1Cc2cc(NS(=O)(=O)c3ccccc3C#N)ccc2OC(C)C1=O. The van der Waals surface area contributed by atoms with Gasteiger partial charge in [0, 0.05) is 31.5 Å². The van der Waals surface area contributed by atoms with Crippen molar-refractivity contribution in [1.29, 1.82) is 5.26 Å². The number of methoxy groups -OCH3 is 1. The number of hydrogen-bond donors (Lipinski definition) is 1. The highest BCUT2D eigenvalue weighted by Gasteiger charge is 2.28. The van der Waals surface area contributed by atoms with Crippen molar-refractivity contribution in [2.75, 3.05) is 25.0 Å². The molecule has 0 saturated heterocycles. The Balaban J connectivity index is 1.91. The van der Waals surface area contributed by atoms with E-state index in [0.717, 1.165) is 0 Å². The summed E-state index contributed by atoms with van der Waals surface area (Å²) in [6.07, 6.45) is -0.654. The van der Waals surface area contributed by atoms with Gasteiger partial charge in [0.2, 0.25) is 0 Å². The van der Waals surface area contributed by atoms with E-state index in [1.807, 2.05) is 6.07 Å². The Morgan fingerprint density at radius 2 is 2.07 bits per heavy atom. The first-order valence-electron chi connectivity index (χ1n) is 8.95. The van der Waals surface area contributed by atoms with E-state index in [9.17, 15) is 18.5 Å². The molecule has 0 bridgehead atoms. The van der Waals surface area contributed by atoms with Gasteiger partial charge in [-0.15, -0.1) is 0 Å². The zero-order valence-electron chi connectivity index (χ0n) is 16.1. The normalized spacial score (nSPS) is 16.4. The number of fused-ring (bicyclic) bond motifs is 1. The Morgan fingerprint density at radius 1 is 1.31 bits per heavy atom. The number of amides is 1. The second-order valence-electron chi connectivity index (χ2n) is 6.55. The van der Waals surface area contributed by atoms with Crippen molar-refractivity contribution in [3.8, 4) is 11.8 Å². The van der Waals surface area contributed by atoms with Crippen LogP contribution in [0.3, 0.4) is 0 Å². The summed E-state index contributed by atoms with van der Waals surface area (Å²) in [6, 6.07) is 12.7. The topological polar surface area (TPSA) is 109 Å². The molecule has 8 nitrogen and oxygen atoms in total. The lowest BCUT2D eigenvalue weighted by Gasteiger charge is -2.21. The fourth-order valence-corrected chi connectivity index (χ4v) is 4.27. The summed E-state index contributed by atoms with van der Waals surface area (Å²) in [4.78, 5) is 14.0. The molecule has 1 amide bonds. The van der Waals surface area contributed by atoms with Crippen LogP contribution in [0.15, 0.2) is 47.4 Å². The Morgan fingerprint density at radius 3 is 2.79 bits per heavy atom. The van der Waals surface area contributed by atoms with E-state index < -0.39 is 16.1 Å². The van der Waals surface area contributed by atoms with Gasteiger partial charge in [-0.1, -0.05) is 12.1 Å². The van der Waals surface area contributed by atoms with E-state index in [1.54, 1.807) is 49.3 Å². The van der Waals surface area contributed by atoms with Crippen molar-refractivity contribution in [1.82, 2.24) is 4.90 Å². The lowest BCUT2D eigenvalue weighted by molar-refractivity contribution is -0.138. The summed E-state index contributed by atoms with van der Waals surface area (Å²) in [7, 11) is -2.40. The maximum Gasteiger partial charge on any atom is 0.263 e. The number of ether oxygens (including phenoxy) is 2. The highest BCUT2D eigenvalue weighted by Crippen LogP contribution is 2.30. The lowest BCUT2D eigenvalue weighted by atomic mass is 10.1. The molecule has 0 aliphatic carbocycles. The molecule has 1 atom stereocenters. The Kier molecular flexibility index (Phi) is 6.06. The molecule has 0 fully saturated rings. The third-order valence-electron chi connectivity index (χ3n) is 4.50. The summed E-state index contributed by atoms with van der Waals surface area (Å²) in [5, 5.41) is 9.18. The molecule has 0 radical (unpaired) electrons. The highest BCUT2D eigenvalue weighted by atomic mass is 32.2. The van der Waals surface area contributed by atoms with Crippen molar-refractivity contribution in [3.63, 3.8) is 0 Å². The lowest BCUT2D eigenvalue weighted by Crippen LogP contribution is -2.39. The number of benzene rings is 2. The fourth-order valence-electron chi connectivity index (χ4n) is 3.06. The summed E-state index contributed by atoms with van der Waals surface area (Å²) in [5.74, 6) is 0.356. The zero-order chi connectivity index (χ0) is 21.0. The van der Waals surface area contributed by atoms with Crippen LogP contribution in [0.25, 0.3) is 0 Å². The Hall–Kier alpha value is -3.09. The van der Waals surface area contributed by atoms with E-state index in [2.05, 4.69) is 4.72 Å². The molecule has 1 unspecified atom stereocenters. The van der Waals surface area contributed by atoms with E-state index in [1.165, 1.54) is 12.1 Å². The van der Waals surface area contributed by atoms with Gasteiger partial charge in [0.1, 0.15) is 16.7 Å². The van der Waals surface area contributed by atoms with E-state index in [-0.39, 0.29) is 22.9 Å². The maximum absolute atomic E-state index is 12.8. The standard InChI is InChI=1S/C20H21N3O5S/c1-14-20(24)23(9-10-27-2)13-16-11-17(7-8-18(16)28-14)22-29(25,26)19-6-4-3-5-15(19)12-21/h3-8,11,14,22H,9-10,13H2,1-2H3. The molecule has 29 heavy (non-hydrogen) atoms. The third-order valence-corrected chi connectivity index (χ3v) is 5.94. The van der Waals surface area contributed by atoms with Crippen LogP contribution in [-0.2, 0) is 26.1 Å². The monoisotopic (exact) mass is 415 g/mol. The Labute approximate surface area is 169 Å². The van der Waals surface area contributed by atoms with Gasteiger partial charge in [-0.2, -0.15) is 5.26 Å². The van der Waals surface area contributed by atoms with Gasteiger partial charge in [0.25, 0.3) is 15.9 Å². The zero-order valence-corrected chi connectivity index (χ0v) is 16.9. The van der Waals surface area contributed by atoms with Crippen LogP contribution in [0.4, 0.5) is 5.69 Å². The molecular formula is C20H21N3O5S. The van der Waals surface area contributed by atoms with Gasteiger partial charge in [0.15, 0.2) is 6.10 Å². The number of rotatable bonds is 6. The minimum absolute atomic E-state index is 0.0586. The maximum atomic E-state index is 12.8. The number of nitrogens with zero attached hydrogens (tertiary/aromatic N) is 2. The van der Waals surface area contributed by atoms with Gasteiger partial charge in [-0.05, 0) is 37.3 Å². The van der Waals surface area contributed by atoms with Crippen molar-refractivity contribution in [2.45, 2.75) is 24.5 Å². The van der Waals surface area contributed by atoms with Crippen LogP contribution >= 0.6 is 0 Å². The molecule has 0 saturated carbocycles. The second-order valence-corrected chi connectivity index (χ2v) is 8.20. The number of nitriles is 1. The van der Waals surface area contributed by atoms with Crippen LogP contribution in [0.5, 0.6) is 5.75 Å². The summed E-state index contributed by atoms with van der Waals surface area (Å²) >= 11 is 0. The number of hydrogen-bond acceptors (Lipinski definition) is 6. The van der Waals surface area contributed by atoms with Gasteiger partial charge in [-0.3, -0.25) is 9.52 Å². The predicted molar refractivity (Wildman–Crippen MR) is 106 cm³/mol. The molecule has 0 aromatic heterocycles. The van der Waals surface area contributed by atoms with E-state index in [0.29, 0.717) is 30.2 Å². The van der Waals surface area contributed by atoms with Crippen molar-refractivity contribution in [3.05, 3.63) is 53.6 Å². The second kappa shape index (κ2) is 8.51. The summed E-state index contributed by atoms with van der Waals surface area (Å²) in [6.45, 7) is 2.72. The van der Waals surface area contributed by atoms with Gasteiger partial charge in [-0.25, -0.2) is 8.42 Å². The molecule has 2 aromatic rings. The summed E-state index contributed by atoms with van der Waals surface area (Å²) < 4.78 is 38.8. The number of sulfonamides is 1. The van der Waals surface area contributed by atoms with Crippen molar-refractivity contribution in [2.24, 2.45) is 0 Å². The molecule has 152 valence electrons. The highest BCUT2D eigenvalue weighted by molar-refractivity contribution is 7.92. The van der Waals surface area contributed by atoms with Gasteiger partial charge in [0.05, 0.1) is 12.2 Å². The first-order chi connectivity index (χ1) is 13.9.